The van der Waals surface area contributed by atoms with Crippen molar-refractivity contribution in [2.45, 2.75) is 27.7 Å². The number of aryl methyl sites for hydroxylation is 1. The molecule has 0 aliphatic heterocycles. The summed E-state index contributed by atoms with van der Waals surface area (Å²) in [5.74, 6) is 0. The molecule has 0 radical (unpaired) electrons. The first-order valence-corrected chi connectivity index (χ1v) is 4.32. The van der Waals surface area contributed by atoms with Gasteiger partial charge in [-0.3, -0.25) is 0 Å². The van der Waals surface area contributed by atoms with Crippen LogP contribution in [0.3, 0.4) is 0 Å². The van der Waals surface area contributed by atoms with Crippen LogP contribution in [0.15, 0.2) is 18.3 Å². The summed E-state index contributed by atoms with van der Waals surface area (Å²) in [5, 5.41) is 0. The first-order valence-electron chi connectivity index (χ1n) is 4.32. The Morgan fingerprint density at radius 1 is 1.33 bits per heavy atom. The third-order valence-electron chi connectivity index (χ3n) is 1.75. The quantitative estimate of drug-likeness (QED) is 0.653. The van der Waals surface area contributed by atoms with Crippen LogP contribution in [0.5, 0.6) is 0 Å². The molecule has 0 aromatic carbocycles. The first-order chi connectivity index (χ1) is 5.49. The molecule has 1 aromatic rings. The smallest absolute Gasteiger partial charge is 0.0406 e. The molecule has 1 heteroatoms. The molecule has 66 valence electrons. The Labute approximate surface area is 74.5 Å². The van der Waals surface area contributed by atoms with Crippen molar-refractivity contribution in [3.63, 3.8) is 0 Å². The van der Waals surface area contributed by atoms with Crippen molar-refractivity contribution in [2.75, 3.05) is 0 Å². The molecule has 1 heterocycles. The van der Waals surface area contributed by atoms with E-state index in [1.54, 1.807) is 0 Å². The molecule has 1 aromatic heterocycles. The lowest BCUT2D eigenvalue weighted by Crippen LogP contribution is -1.98. The van der Waals surface area contributed by atoms with Crippen LogP contribution in [-0.4, -0.2) is 4.98 Å². The van der Waals surface area contributed by atoms with Gasteiger partial charge in [0.05, 0.1) is 0 Å². The molecule has 0 saturated carbocycles. The first kappa shape index (κ1) is 9.11. The zero-order valence-electron chi connectivity index (χ0n) is 8.31. The molecule has 0 aliphatic rings. The summed E-state index contributed by atoms with van der Waals surface area (Å²) in [7, 11) is 0. The van der Waals surface area contributed by atoms with Gasteiger partial charge in [0.2, 0.25) is 0 Å². The van der Waals surface area contributed by atoms with Crippen molar-refractivity contribution in [3.05, 3.63) is 29.6 Å². The van der Waals surface area contributed by atoms with Gasteiger partial charge < -0.3 is 4.98 Å². The average molecular weight is 163 g/mol. The Balaban J connectivity index is 2.77. The van der Waals surface area contributed by atoms with Crippen molar-refractivity contribution in [1.82, 2.24) is 4.98 Å². The fraction of sp³-hybridized carbons (Fsp3) is 0.455. The molecule has 1 N–H and O–H groups in total. The van der Waals surface area contributed by atoms with Crippen molar-refractivity contribution in [3.8, 4) is 0 Å². The Morgan fingerprint density at radius 2 is 2.00 bits per heavy atom. The van der Waals surface area contributed by atoms with Crippen LogP contribution in [0.25, 0.3) is 6.08 Å². The average Bonchev–Trinajstić information content (AvgIpc) is 2.29. The van der Waals surface area contributed by atoms with E-state index in [1.807, 2.05) is 6.20 Å². The standard InChI is InChI=1S/C11H17N/c1-9-6-8-12-10(9)5-7-11(2,3)4/h5-8,12H,1-4H3/b7-5+. The molecule has 1 nitrogen and oxygen atoms in total. The number of H-pyrrole nitrogens is 1. The molecule has 0 atom stereocenters. The minimum Gasteiger partial charge on any atom is -0.361 e. The number of aromatic amines is 1. The Bertz CT molecular complexity index is 273. The predicted octanol–water partition coefficient (Wildman–Crippen LogP) is 3.38. The van der Waals surface area contributed by atoms with Crippen molar-refractivity contribution < 1.29 is 0 Å². The van der Waals surface area contributed by atoms with Crippen molar-refractivity contribution in [2.24, 2.45) is 5.41 Å². The van der Waals surface area contributed by atoms with Crippen LogP contribution < -0.4 is 0 Å². The summed E-state index contributed by atoms with van der Waals surface area (Å²) in [6.45, 7) is 8.70. The highest BCUT2D eigenvalue weighted by molar-refractivity contribution is 5.49. The maximum atomic E-state index is 3.19. The molecule has 0 unspecified atom stereocenters. The van der Waals surface area contributed by atoms with Gasteiger partial charge in [-0.05, 0) is 30.0 Å². The predicted molar refractivity (Wildman–Crippen MR) is 54.0 cm³/mol. The third-order valence-corrected chi connectivity index (χ3v) is 1.75. The van der Waals surface area contributed by atoms with Gasteiger partial charge in [0.1, 0.15) is 0 Å². The van der Waals surface area contributed by atoms with Gasteiger partial charge in [0.15, 0.2) is 0 Å². The van der Waals surface area contributed by atoms with E-state index < -0.39 is 0 Å². The molecule has 0 fully saturated rings. The molecule has 0 bridgehead atoms. The molecule has 0 aliphatic carbocycles. The molecule has 0 saturated heterocycles. The summed E-state index contributed by atoms with van der Waals surface area (Å²) in [6.07, 6.45) is 6.33. The lowest BCUT2D eigenvalue weighted by atomic mass is 9.96. The minimum absolute atomic E-state index is 0.261. The highest BCUT2D eigenvalue weighted by Gasteiger charge is 2.03. The second kappa shape index (κ2) is 3.18. The van der Waals surface area contributed by atoms with Gasteiger partial charge in [-0.15, -0.1) is 0 Å². The zero-order chi connectivity index (χ0) is 9.19. The number of nitrogens with one attached hydrogen (secondary N) is 1. The van der Waals surface area contributed by atoms with Crippen LogP contribution in [0.2, 0.25) is 0 Å². The monoisotopic (exact) mass is 163 g/mol. The number of allylic oxidation sites excluding steroid dienone is 1. The number of rotatable bonds is 1. The molecule has 12 heavy (non-hydrogen) atoms. The molecule has 0 spiro atoms. The Morgan fingerprint density at radius 3 is 2.42 bits per heavy atom. The number of hydrogen-bond donors (Lipinski definition) is 1. The lowest BCUT2D eigenvalue weighted by Gasteiger charge is -2.10. The van der Waals surface area contributed by atoms with E-state index in [9.17, 15) is 0 Å². The minimum atomic E-state index is 0.261. The van der Waals surface area contributed by atoms with E-state index in [0.29, 0.717) is 0 Å². The molecule has 1 rings (SSSR count). The Kier molecular flexibility index (Phi) is 2.41. The van der Waals surface area contributed by atoms with Crippen LogP contribution in [0.1, 0.15) is 32.0 Å². The van der Waals surface area contributed by atoms with E-state index in [1.165, 1.54) is 11.3 Å². The normalized spacial score (nSPS) is 12.7. The van der Waals surface area contributed by atoms with E-state index >= 15 is 0 Å². The van der Waals surface area contributed by atoms with E-state index in [2.05, 4.69) is 50.9 Å². The largest absolute Gasteiger partial charge is 0.361 e. The van der Waals surface area contributed by atoms with Gasteiger partial charge in [0.25, 0.3) is 0 Å². The lowest BCUT2D eigenvalue weighted by molar-refractivity contribution is 0.547. The second-order valence-corrected chi connectivity index (χ2v) is 4.27. The van der Waals surface area contributed by atoms with Crippen LogP contribution >= 0.6 is 0 Å². The van der Waals surface area contributed by atoms with E-state index in [0.717, 1.165) is 0 Å². The van der Waals surface area contributed by atoms with Gasteiger partial charge in [0, 0.05) is 11.9 Å². The van der Waals surface area contributed by atoms with E-state index in [-0.39, 0.29) is 5.41 Å². The number of hydrogen-bond acceptors (Lipinski definition) is 0. The molecule has 0 amide bonds. The summed E-state index contributed by atoms with van der Waals surface area (Å²) >= 11 is 0. The molecular formula is C11H17N. The van der Waals surface area contributed by atoms with Crippen molar-refractivity contribution in [1.29, 1.82) is 0 Å². The van der Waals surface area contributed by atoms with Crippen LogP contribution in [0.4, 0.5) is 0 Å². The topological polar surface area (TPSA) is 15.8 Å². The third kappa shape index (κ3) is 2.57. The Hall–Kier alpha value is -0.980. The zero-order valence-corrected chi connectivity index (χ0v) is 8.31. The fourth-order valence-electron chi connectivity index (χ4n) is 0.973. The maximum absolute atomic E-state index is 3.19. The van der Waals surface area contributed by atoms with Gasteiger partial charge in [-0.2, -0.15) is 0 Å². The van der Waals surface area contributed by atoms with Gasteiger partial charge >= 0.3 is 0 Å². The molecular weight excluding hydrogens is 146 g/mol. The van der Waals surface area contributed by atoms with E-state index in [4.69, 9.17) is 0 Å². The SMILES string of the molecule is Cc1cc[nH]c1/C=C/C(C)(C)C. The second-order valence-electron chi connectivity index (χ2n) is 4.27. The maximum Gasteiger partial charge on any atom is 0.0406 e. The summed E-state index contributed by atoms with van der Waals surface area (Å²) in [4.78, 5) is 3.19. The summed E-state index contributed by atoms with van der Waals surface area (Å²) in [5.41, 5.74) is 2.78. The highest BCUT2D eigenvalue weighted by Crippen LogP contribution is 2.17. The number of aromatic nitrogens is 1. The van der Waals surface area contributed by atoms with Crippen LogP contribution in [-0.2, 0) is 0 Å². The highest BCUT2D eigenvalue weighted by atomic mass is 14.7. The fourth-order valence-corrected chi connectivity index (χ4v) is 0.973. The van der Waals surface area contributed by atoms with Gasteiger partial charge in [-0.25, -0.2) is 0 Å². The van der Waals surface area contributed by atoms with Crippen molar-refractivity contribution >= 4 is 6.08 Å². The van der Waals surface area contributed by atoms with Crippen LogP contribution in [0, 0.1) is 12.3 Å². The summed E-state index contributed by atoms with van der Waals surface area (Å²) in [6, 6.07) is 2.09. The summed E-state index contributed by atoms with van der Waals surface area (Å²) < 4.78 is 0. The van der Waals surface area contributed by atoms with Gasteiger partial charge in [-0.1, -0.05) is 26.8 Å².